The Labute approximate surface area is 108 Å². The Bertz CT molecular complexity index is 561. The monoisotopic (exact) mass is 379 g/mol. The van der Waals surface area contributed by atoms with Crippen molar-refractivity contribution in [1.29, 1.82) is 0 Å². The lowest BCUT2D eigenvalue weighted by molar-refractivity contribution is 0.726. The van der Waals surface area contributed by atoms with Crippen LogP contribution in [0.3, 0.4) is 0 Å². The van der Waals surface area contributed by atoms with Gasteiger partial charge in [0.05, 0.1) is 5.69 Å². The van der Waals surface area contributed by atoms with E-state index in [0.717, 1.165) is 13.7 Å². The van der Waals surface area contributed by atoms with Gasteiger partial charge in [-0.3, -0.25) is 0 Å². The maximum absolute atomic E-state index is 11.6. The number of aromatic nitrogens is 3. The van der Waals surface area contributed by atoms with Crippen LogP contribution in [0.15, 0.2) is 33.8 Å². The average Bonchev–Trinajstić information content (AvgIpc) is 2.53. The van der Waals surface area contributed by atoms with E-state index >= 15 is 0 Å². The summed E-state index contributed by atoms with van der Waals surface area (Å²) in [6.45, 7) is 0. The van der Waals surface area contributed by atoms with E-state index in [1.54, 1.807) is 7.05 Å². The molecule has 1 heterocycles. The molecule has 1 aromatic carbocycles. The first-order chi connectivity index (χ1) is 7.09. The van der Waals surface area contributed by atoms with E-state index in [-0.39, 0.29) is 5.69 Å². The molecule has 0 saturated heterocycles. The number of rotatable bonds is 1. The molecule has 4 nitrogen and oxygen atoms in total. The van der Waals surface area contributed by atoms with Crippen LogP contribution in [0.2, 0.25) is 0 Å². The van der Waals surface area contributed by atoms with E-state index in [1.807, 2.05) is 18.2 Å². The molecule has 0 spiro atoms. The van der Waals surface area contributed by atoms with Crippen LogP contribution < -0.4 is 5.69 Å². The third kappa shape index (κ3) is 2.00. The third-order valence-electron chi connectivity index (χ3n) is 2.00. The molecule has 15 heavy (non-hydrogen) atoms. The highest BCUT2D eigenvalue weighted by Crippen LogP contribution is 2.21. The SMILES string of the molecule is Cn1ncn(-c2ccc(Br)c(I)c2)c1=O. The molecule has 6 heteroatoms. The molecule has 0 radical (unpaired) electrons. The molecule has 0 unspecified atom stereocenters. The van der Waals surface area contributed by atoms with Crippen molar-refractivity contribution in [2.24, 2.45) is 7.05 Å². The van der Waals surface area contributed by atoms with E-state index in [9.17, 15) is 4.79 Å². The molecular weight excluding hydrogens is 373 g/mol. The van der Waals surface area contributed by atoms with Crippen LogP contribution in [-0.2, 0) is 7.05 Å². The summed E-state index contributed by atoms with van der Waals surface area (Å²) in [7, 11) is 1.63. The van der Waals surface area contributed by atoms with E-state index in [0.29, 0.717) is 0 Å². The van der Waals surface area contributed by atoms with Crippen molar-refractivity contribution in [3.63, 3.8) is 0 Å². The molecule has 0 saturated carbocycles. The number of aryl methyl sites for hydroxylation is 1. The van der Waals surface area contributed by atoms with Crippen molar-refractivity contribution in [3.8, 4) is 5.69 Å². The second-order valence-electron chi connectivity index (χ2n) is 3.01. The molecule has 0 aliphatic carbocycles. The Kier molecular flexibility index (Phi) is 2.96. The van der Waals surface area contributed by atoms with Gasteiger partial charge in [-0.05, 0) is 56.7 Å². The van der Waals surface area contributed by atoms with Crippen molar-refractivity contribution in [3.05, 3.63) is 43.1 Å². The van der Waals surface area contributed by atoms with Gasteiger partial charge in [0.2, 0.25) is 0 Å². The fourth-order valence-electron chi connectivity index (χ4n) is 1.20. The zero-order chi connectivity index (χ0) is 11.0. The molecule has 78 valence electrons. The van der Waals surface area contributed by atoms with Crippen molar-refractivity contribution in [2.45, 2.75) is 0 Å². The fraction of sp³-hybridized carbons (Fsp3) is 0.111. The summed E-state index contributed by atoms with van der Waals surface area (Å²) in [6, 6.07) is 5.71. The maximum Gasteiger partial charge on any atom is 0.350 e. The quantitative estimate of drug-likeness (QED) is 0.710. The summed E-state index contributed by atoms with van der Waals surface area (Å²) in [5.41, 5.74) is 0.675. The largest absolute Gasteiger partial charge is 0.350 e. The summed E-state index contributed by atoms with van der Waals surface area (Å²) in [5.74, 6) is 0. The van der Waals surface area contributed by atoms with Crippen LogP contribution in [0.5, 0.6) is 0 Å². The Hall–Kier alpha value is -0.630. The Morgan fingerprint density at radius 2 is 2.20 bits per heavy atom. The summed E-state index contributed by atoms with van der Waals surface area (Å²) in [5, 5.41) is 3.90. The topological polar surface area (TPSA) is 39.8 Å². The predicted molar refractivity (Wildman–Crippen MR) is 69.2 cm³/mol. The molecule has 0 bridgehead atoms. The van der Waals surface area contributed by atoms with Gasteiger partial charge in [0.1, 0.15) is 6.33 Å². The van der Waals surface area contributed by atoms with Crippen LogP contribution in [-0.4, -0.2) is 14.3 Å². The van der Waals surface area contributed by atoms with Gasteiger partial charge >= 0.3 is 5.69 Å². The van der Waals surface area contributed by atoms with Gasteiger partial charge < -0.3 is 0 Å². The van der Waals surface area contributed by atoms with Crippen LogP contribution in [0.4, 0.5) is 0 Å². The molecule has 0 N–H and O–H groups in total. The first-order valence-electron chi connectivity index (χ1n) is 4.15. The summed E-state index contributed by atoms with van der Waals surface area (Å²) in [4.78, 5) is 11.6. The minimum Gasteiger partial charge on any atom is -0.250 e. The van der Waals surface area contributed by atoms with E-state index in [4.69, 9.17) is 0 Å². The van der Waals surface area contributed by atoms with E-state index < -0.39 is 0 Å². The van der Waals surface area contributed by atoms with Crippen LogP contribution in [0, 0.1) is 3.57 Å². The minimum absolute atomic E-state index is 0.145. The van der Waals surface area contributed by atoms with Gasteiger partial charge in [-0.1, -0.05) is 0 Å². The lowest BCUT2D eigenvalue weighted by Crippen LogP contribution is -2.21. The average molecular weight is 380 g/mol. The highest BCUT2D eigenvalue weighted by atomic mass is 127. The molecule has 1 aromatic heterocycles. The standard InChI is InChI=1S/C9H7BrIN3O/c1-13-9(15)14(5-12-13)6-2-3-7(10)8(11)4-6/h2-5H,1H3. The van der Waals surface area contributed by atoms with Crippen LogP contribution >= 0.6 is 38.5 Å². The lowest BCUT2D eigenvalue weighted by atomic mass is 10.3. The molecule has 2 rings (SSSR count). The van der Waals surface area contributed by atoms with Crippen molar-refractivity contribution >= 4 is 38.5 Å². The van der Waals surface area contributed by atoms with Crippen LogP contribution in [0.25, 0.3) is 5.69 Å². The van der Waals surface area contributed by atoms with Crippen LogP contribution in [0.1, 0.15) is 0 Å². The molecule has 0 atom stereocenters. The molecule has 0 amide bonds. The summed E-state index contributed by atoms with van der Waals surface area (Å²) >= 11 is 5.62. The van der Waals surface area contributed by atoms with Gasteiger partial charge in [-0.15, -0.1) is 0 Å². The third-order valence-corrected chi connectivity index (χ3v) is 4.33. The maximum atomic E-state index is 11.6. The number of halogens is 2. The number of hydrogen-bond acceptors (Lipinski definition) is 2. The smallest absolute Gasteiger partial charge is 0.250 e. The number of nitrogens with zero attached hydrogens (tertiary/aromatic N) is 3. The van der Waals surface area contributed by atoms with Gasteiger partial charge in [-0.2, -0.15) is 5.10 Å². The van der Waals surface area contributed by atoms with Crippen molar-refractivity contribution in [1.82, 2.24) is 14.3 Å². The van der Waals surface area contributed by atoms with Crippen molar-refractivity contribution in [2.75, 3.05) is 0 Å². The Morgan fingerprint density at radius 3 is 2.73 bits per heavy atom. The summed E-state index contributed by atoms with van der Waals surface area (Å²) in [6.07, 6.45) is 1.52. The minimum atomic E-state index is -0.145. The first-order valence-corrected chi connectivity index (χ1v) is 6.03. The second-order valence-corrected chi connectivity index (χ2v) is 5.02. The normalized spacial score (nSPS) is 10.6. The zero-order valence-corrected chi connectivity index (χ0v) is 11.6. The molecule has 0 aliphatic rings. The highest BCUT2D eigenvalue weighted by Gasteiger charge is 2.05. The van der Waals surface area contributed by atoms with Gasteiger partial charge in [0, 0.05) is 15.1 Å². The lowest BCUT2D eigenvalue weighted by Gasteiger charge is -2.02. The van der Waals surface area contributed by atoms with Gasteiger partial charge in [-0.25, -0.2) is 14.0 Å². The number of benzene rings is 1. The second kappa shape index (κ2) is 4.09. The predicted octanol–water partition coefficient (Wildman–Crippen LogP) is 1.94. The van der Waals surface area contributed by atoms with Crippen molar-refractivity contribution < 1.29 is 0 Å². The van der Waals surface area contributed by atoms with E-state index in [2.05, 4.69) is 43.6 Å². The van der Waals surface area contributed by atoms with Gasteiger partial charge in [0.15, 0.2) is 0 Å². The first kappa shape index (κ1) is 10.9. The molecule has 0 aliphatic heterocycles. The Balaban J connectivity index is 2.60. The molecule has 0 fully saturated rings. The highest BCUT2D eigenvalue weighted by molar-refractivity contribution is 14.1. The fourth-order valence-corrected chi connectivity index (χ4v) is 1.94. The van der Waals surface area contributed by atoms with E-state index in [1.165, 1.54) is 15.6 Å². The summed E-state index contributed by atoms with van der Waals surface area (Å²) < 4.78 is 4.88. The molecule has 2 aromatic rings. The Morgan fingerprint density at radius 1 is 1.47 bits per heavy atom. The zero-order valence-electron chi connectivity index (χ0n) is 7.82. The van der Waals surface area contributed by atoms with Gasteiger partial charge in [0.25, 0.3) is 0 Å². The number of hydrogen-bond donors (Lipinski definition) is 0. The molecular formula is C9H7BrIN3O.